The minimum atomic E-state index is -0.471. The number of esters is 1. The molecule has 0 amide bonds. The van der Waals surface area contributed by atoms with E-state index in [0.29, 0.717) is 5.82 Å². The lowest BCUT2D eigenvalue weighted by Crippen LogP contribution is -2.36. The average Bonchev–Trinajstić information content (AvgIpc) is 2.45. The van der Waals surface area contributed by atoms with Gasteiger partial charge >= 0.3 is 5.97 Å². The lowest BCUT2D eigenvalue weighted by Gasteiger charge is -2.32. The summed E-state index contributed by atoms with van der Waals surface area (Å²) in [5.74, 6) is 0.218. The first-order valence-electron chi connectivity index (χ1n) is 6.29. The molecule has 100 valence electrons. The quantitative estimate of drug-likeness (QED) is 0.787. The first-order chi connectivity index (χ1) is 8.60. The Morgan fingerprint density at radius 3 is 2.22 bits per heavy atom. The standard InChI is InChI=1S/C13H21N3O2/c1-5-13(6-2,7-3)16-11-9-14-10(8-15-11)12(17)18-4/h8-9H,5-7H2,1-4H3,(H,15,16). The lowest BCUT2D eigenvalue weighted by atomic mass is 9.90. The predicted octanol–water partition coefficient (Wildman–Crippen LogP) is 2.64. The zero-order valence-electron chi connectivity index (χ0n) is 11.5. The van der Waals surface area contributed by atoms with Crippen LogP contribution in [0.2, 0.25) is 0 Å². The molecule has 0 atom stereocenters. The van der Waals surface area contributed by atoms with Crippen LogP contribution >= 0.6 is 0 Å². The average molecular weight is 251 g/mol. The number of ether oxygens (including phenoxy) is 1. The molecule has 1 rings (SSSR count). The van der Waals surface area contributed by atoms with E-state index in [1.165, 1.54) is 13.3 Å². The highest BCUT2D eigenvalue weighted by Crippen LogP contribution is 2.24. The molecule has 5 heteroatoms. The van der Waals surface area contributed by atoms with Crippen LogP contribution in [0, 0.1) is 0 Å². The van der Waals surface area contributed by atoms with E-state index in [1.807, 2.05) is 0 Å². The Labute approximate surface area is 108 Å². The molecule has 0 saturated heterocycles. The number of nitrogens with one attached hydrogen (secondary N) is 1. The van der Waals surface area contributed by atoms with E-state index in [2.05, 4.69) is 40.8 Å². The fourth-order valence-electron chi connectivity index (χ4n) is 1.89. The highest BCUT2D eigenvalue weighted by atomic mass is 16.5. The molecular formula is C13H21N3O2. The van der Waals surface area contributed by atoms with Crippen molar-refractivity contribution in [3.8, 4) is 0 Å². The molecule has 0 radical (unpaired) electrons. The summed E-state index contributed by atoms with van der Waals surface area (Å²) in [7, 11) is 1.33. The Kier molecular flexibility index (Phi) is 5.07. The topological polar surface area (TPSA) is 64.1 Å². The van der Waals surface area contributed by atoms with E-state index in [9.17, 15) is 4.79 Å². The summed E-state index contributed by atoms with van der Waals surface area (Å²) in [5.41, 5.74) is 0.264. The molecule has 0 aliphatic rings. The van der Waals surface area contributed by atoms with Gasteiger partial charge in [0.1, 0.15) is 5.82 Å². The second-order valence-electron chi connectivity index (χ2n) is 4.24. The van der Waals surface area contributed by atoms with Gasteiger partial charge in [0.15, 0.2) is 5.69 Å². The highest BCUT2D eigenvalue weighted by molar-refractivity contribution is 5.86. The number of hydrogen-bond donors (Lipinski definition) is 1. The number of carbonyl (C=O) groups is 1. The van der Waals surface area contributed by atoms with Crippen molar-refractivity contribution in [1.82, 2.24) is 9.97 Å². The normalized spacial score (nSPS) is 11.1. The summed E-state index contributed by atoms with van der Waals surface area (Å²) in [6.07, 6.45) is 6.04. The van der Waals surface area contributed by atoms with E-state index < -0.39 is 5.97 Å². The molecule has 0 aromatic carbocycles. The third kappa shape index (κ3) is 3.18. The van der Waals surface area contributed by atoms with Crippen LogP contribution in [0.1, 0.15) is 50.5 Å². The van der Waals surface area contributed by atoms with Gasteiger partial charge in [0.25, 0.3) is 0 Å². The Hall–Kier alpha value is -1.65. The van der Waals surface area contributed by atoms with Gasteiger partial charge in [-0.1, -0.05) is 20.8 Å². The van der Waals surface area contributed by atoms with E-state index in [-0.39, 0.29) is 11.2 Å². The molecule has 1 aromatic heterocycles. The second kappa shape index (κ2) is 6.33. The van der Waals surface area contributed by atoms with Crippen molar-refractivity contribution in [3.63, 3.8) is 0 Å². The maximum absolute atomic E-state index is 11.2. The molecule has 0 saturated carbocycles. The van der Waals surface area contributed by atoms with Crippen LogP contribution in [-0.2, 0) is 4.74 Å². The van der Waals surface area contributed by atoms with E-state index in [0.717, 1.165) is 19.3 Å². The van der Waals surface area contributed by atoms with Crippen LogP contribution in [0.3, 0.4) is 0 Å². The van der Waals surface area contributed by atoms with Crippen LogP contribution in [0.4, 0.5) is 5.82 Å². The fraction of sp³-hybridized carbons (Fsp3) is 0.615. The van der Waals surface area contributed by atoms with Gasteiger partial charge in [-0.15, -0.1) is 0 Å². The van der Waals surface area contributed by atoms with Gasteiger partial charge < -0.3 is 10.1 Å². The van der Waals surface area contributed by atoms with Gasteiger partial charge in [0.05, 0.1) is 19.5 Å². The number of methoxy groups -OCH3 is 1. The summed E-state index contributed by atoms with van der Waals surface area (Å²) in [4.78, 5) is 19.5. The maximum Gasteiger partial charge on any atom is 0.358 e. The number of hydrogen-bond acceptors (Lipinski definition) is 5. The van der Waals surface area contributed by atoms with Gasteiger partial charge in [0, 0.05) is 5.54 Å². The minimum absolute atomic E-state index is 0.0431. The molecular weight excluding hydrogens is 230 g/mol. The van der Waals surface area contributed by atoms with Crippen molar-refractivity contribution >= 4 is 11.8 Å². The first kappa shape index (κ1) is 14.4. The van der Waals surface area contributed by atoms with Gasteiger partial charge in [-0.3, -0.25) is 0 Å². The molecule has 0 bridgehead atoms. The van der Waals surface area contributed by atoms with Crippen molar-refractivity contribution in [1.29, 1.82) is 0 Å². The largest absolute Gasteiger partial charge is 0.464 e. The smallest absolute Gasteiger partial charge is 0.358 e. The van der Waals surface area contributed by atoms with Gasteiger partial charge in [-0.05, 0) is 19.3 Å². The number of carbonyl (C=O) groups excluding carboxylic acids is 1. The van der Waals surface area contributed by atoms with Gasteiger partial charge in [0.2, 0.25) is 0 Å². The van der Waals surface area contributed by atoms with Crippen molar-refractivity contribution in [3.05, 3.63) is 18.1 Å². The number of rotatable bonds is 6. The Morgan fingerprint density at radius 1 is 1.22 bits per heavy atom. The molecule has 1 N–H and O–H groups in total. The summed E-state index contributed by atoms with van der Waals surface area (Å²) < 4.78 is 4.58. The summed E-state index contributed by atoms with van der Waals surface area (Å²) in [6.45, 7) is 6.45. The molecule has 0 aliphatic carbocycles. The van der Waals surface area contributed by atoms with E-state index in [1.54, 1.807) is 6.20 Å². The minimum Gasteiger partial charge on any atom is -0.464 e. The van der Waals surface area contributed by atoms with Gasteiger partial charge in [-0.25, -0.2) is 14.8 Å². The highest BCUT2D eigenvalue weighted by Gasteiger charge is 2.24. The van der Waals surface area contributed by atoms with Crippen molar-refractivity contribution in [2.75, 3.05) is 12.4 Å². The molecule has 5 nitrogen and oxygen atoms in total. The second-order valence-corrected chi connectivity index (χ2v) is 4.24. The lowest BCUT2D eigenvalue weighted by molar-refractivity contribution is 0.0593. The molecule has 0 aliphatic heterocycles. The predicted molar refractivity (Wildman–Crippen MR) is 70.6 cm³/mol. The maximum atomic E-state index is 11.2. The number of anilines is 1. The molecule has 1 aromatic rings. The monoisotopic (exact) mass is 251 g/mol. The summed E-state index contributed by atoms with van der Waals surface area (Å²) in [6, 6.07) is 0. The van der Waals surface area contributed by atoms with Crippen LogP contribution < -0.4 is 5.32 Å². The molecule has 0 fully saturated rings. The summed E-state index contributed by atoms with van der Waals surface area (Å²) in [5, 5.41) is 3.40. The zero-order valence-corrected chi connectivity index (χ0v) is 11.5. The van der Waals surface area contributed by atoms with Gasteiger partial charge in [-0.2, -0.15) is 0 Å². The number of aromatic nitrogens is 2. The van der Waals surface area contributed by atoms with E-state index in [4.69, 9.17) is 0 Å². The Balaban J connectivity index is 2.83. The molecule has 1 heterocycles. The van der Waals surface area contributed by atoms with Crippen LogP contribution in [-0.4, -0.2) is 28.6 Å². The molecule has 18 heavy (non-hydrogen) atoms. The number of nitrogens with zero attached hydrogens (tertiary/aromatic N) is 2. The Morgan fingerprint density at radius 2 is 1.83 bits per heavy atom. The molecule has 0 spiro atoms. The molecule has 0 unspecified atom stereocenters. The van der Waals surface area contributed by atoms with Crippen molar-refractivity contribution in [2.45, 2.75) is 45.6 Å². The third-order valence-electron chi connectivity index (χ3n) is 3.47. The fourth-order valence-corrected chi connectivity index (χ4v) is 1.89. The van der Waals surface area contributed by atoms with Crippen molar-refractivity contribution < 1.29 is 9.53 Å². The van der Waals surface area contributed by atoms with Crippen LogP contribution in [0.5, 0.6) is 0 Å². The van der Waals surface area contributed by atoms with Crippen molar-refractivity contribution in [2.24, 2.45) is 0 Å². The Bertz CT molecular complexity index is 377. The SMILES string of the molecule is CCC(CC)(CC)Nc1cnc(C(=O)OC)cn1. The summed E-state index contributed by atoms with van der Waals surface area (Å²) >= 11 is 0. The van der Waals surface area contributed by atoms with Crippen LogP contribution in [0.25, 0.3) is 0 Å². The van der Waals surface area contributed by atoms with Crippen LogP contribution in [0.15, 0.2) is 12.4 Å². The first-order valence-corrected chi connectivity index (χ1v) is 6.29. The zero-order chi connectivity index (χ0) is 13.6. The third-order valence-corrected chi connectivity index (χ3v) is 3.47. The van der Waals surface area contributed by atoms with E-state index >= 15 is 0 Å².